The Morgan fingerprint density at radius 2 is 1.86 bits per heavy atom. The molecule has 1 aromatic carbocycles. The Hall–Kier alpha value is -2.54. The van der Waals surface area contributed by atoms with Crippen molar-refractivity contribution in [2.24, 2.45) is 0 Å². The number of aromatic carboxylic acids is 1. The first-order chi connectivity index (χ1) is 10.2. The number of cyclic esters (lactones) is 2. The molecule has 0 spiro atoms. The predicted molar refractivity (Wildman–Crippen MR) is 76.4 cm³/mol. The van der Waals surface area contributed by atoms with Crippen molar-refractivity contribution in [1.82, 2.24) is 0 Å². The molecule has 2 rings (SSSR count). The van der Waals surface area contributed by atoms with Gasteiger partial charge in [-0.05, 0) is 12.1 Å². The van der Waals surface area contributed by atoms with Crippen LogP contribution in [0.5, 0.6) is 0 Å². The molecule has 0 bridgehead atoms. The van der Waals surface area contributed by atoms with Crippen molar-refractivity contribution in [3.05, 3.63) is 40.6 Å². The minimum atomic E-state index is -1.34. The molecule has 1 aliphatic rings. The molecular formula is C14H12ClNO6. The number of anilines is 1. The van der Waals surface area contributed by atoms with Gasteiger partial charge in [0.1, 0.15) is 5.56 Å². The van der Waals surface area contributed by atoms with E-state index in [4.69, 9.17) is 26.2 Å². The molecule has 7 nitrogen and oxygen atoms in total. The molecule has 0 unspecified atom stereocenters. The number of carboxylic acid groups (broad SMARTS) is 1. The number of benzene rings is 1. The largest absolute Gasteiger partial charge is 0.478 e. The van der Waals surface area contributed by atoms with E-state index in [9.17, 15) is 14.4 Å². The number of ether oxygens (including phenoxy) is 2. The summed E-state index contributed by atoms with van der Waals surface area (Å²) in [5, 5.41) is 11.7. The van der Waals surface area contributed by atoms with E-state index in [0.29, 0.717) is 0 Å². The lowest BCUT2D eigenvalue weighted by atomic mass is 10.1. The van der Waals surface area contributed by atoms with Crippen LogP contribution in [0.2, 0.25) is 5.02 Å². The van der Waals surface area contributed by atoms with E-state index < -0.39 is 23.7 Å². The number of rotatable bonds is 3. The van der Waals surface area contributed by atoms with Gasteiger partial charge in [-0.2, -0.15) is 0 Å². The third-order valence-corrected chi connectivity index (χ3v) is 3.03. The van der Waals surface area contributed by atoms with E-state index in [1.165, 1.54) is 32.0 Å². The molecule has 8 heteroatoms. The number of carbonyl (C=O) groups excluding carboxylic acids is 2. The summed E-state index contributed by atoms with van der Waals surface area (Å²) in [7, 11) is 0. The van der Waals surface area contributed by atoms with Crippen LogP contribution in [0.15, 0.2) is 30.0 Å². The zero-order chi connectivity index (χ0) is 16.5. The summed E-state index contributed by atoms with van der Waals surface area (Å²) in [4.78, 5) is 34.7. The standard InChI is InChI=1S/C14H12ClNO6/c1-14(2)21-12(19)7(13(20)22-14)6-16-9-5-3-4-8(15)10(9)11(17)18/h3-6,16H,1-2H3,(H,17,18). The Morgan fingerprint density at radius 3 is 2.41 bits per heavy atom. The average Bonchev–Trinajstić information content (AvgIpc) is 2.35. The monoisotopic (exact) mass is 325 g/mol. The topological polar surface area (TPSA) is 102 Å². The molecule has 1 fully saturated rings. The lowest BCUT2D eigenvalue weighted by Gasteiger charge is -2.29. The molecule has 0 aromatic heterocycles. The first-order valence-electron chi connectivity index (χ1n) is 6.16. The van der Waals surface area contributed by atoms with Gasteiger partial charge in [0, 0.05) is 20.0 Å². The molecule has 0 radical (unpaired) electrons. The molecular weight excluding hydrogens is 314 g/mol. The molecule has 1 saturated heterocycles. The van der Waals surface area contributed by atoms with Crippen LogP contribution in [0.4, 0.5) is 5.69 Å². The second-order valence-electron chi connectivity index (χ2n) is 4.85. The van der Waals surface area contributed by atoms with E-state index in [1.807, 2.05) is 0 Å². The van der Waals surface area contributed by atoms with Crippen molar-refractivity contribution < 1.29 is 29.0 Å². The molecule has 0 aliphatic carbocycles. The fraction of sp³-hybridized carbons (Fsp3) is 0.214. The first-order valence-corrected chi connectivity index (χ1v) is 6.54. The average molecular weight is 326 g/mol. The Balaban J connectivity index is 2.30. The van der Waals surface area contributed by atoms with Gasteiger partial charge in [0.25, 0.3) is 5.79 Å². The van der Waals surface area contributed by atoms with Crippen LogP contribution in [0.1, 0.15) is 24.2 Å². The number of hydrogen-bond acceptors (Lipinski definition) is 6. The van der Waals surface area contributed by atoms with E-state index in [0.717, 1.165) is 6.20 Å². The molecule has 0 atom stereocenters. The van der Waals surface area contributed by atoms with E-state index >= 15 is 0 Å². The molecule has 0 saturated carbocycles. The minimum absolute atomic E-state index is 0.0193. The Labute approximate surface area is 130 Å². The van der Waals surface area contributed by atoms with Crippen LogP contribution < -0.4 is 5.32 Å². The van der Waals surface area contributed by atoms with E-state index in [1.54, 1.807) is 0 Å². The fourth-order valence-corrected chi connectivity index (χ4v) is 2.05. The normalized spacial score (nSPS) is 16.6. The van der Waals surface area contributed by atoms with Gasteiger partial charge in [0.05, 0.1) is 10.7 Å². The first kappa shape index (κ1) is 15.8. The second-order valence-corrected chi connectivity index (χ2v) is 5.26. The molecule has 116 valence electrons. The van der Waals surface area contributed by atoms with Gasteiger partial charge in [-0.3, -0.25) is 0 Å². The van der Waals surface area contributed by atoms with Crippen LogP contribution in [0.25, 0.3) is 0 Å². The molecule has 1 aromatic rings. The minimum Gasteiger partial charge on any atom is -0.478 e. The number of hydrogen-bond donors (Lipinski definition) is 2. The van der Waals surface area contributed by atoms with Crippen LogP contribution in [0.3, 0.4) is 0 Å². The summed E-state index contributed by atoms with van der Waals surface area (Å²) in [5.74, 6) is -4.32. The van der Waals surface area contributed by atoms with Crippen LogP contribution in [-0.2, 0) is 19.1 Å². The summed E-state index contributed by atoms with van der Waals surface area (Å²) in [6, 6.07) is 4.38. The van der Waals surface area contributed by atoms with Crippen molar-refractivity contribution in [3.63, 3.8) is 0 Å². The Bertz CT molecular complexity index is 673. The van der Waals surface area contributed by atoms with Gasteiger partial charge in [0.2, 0.25) is 0 Å². The van der Waals surface area contributed by atoms with Crippen LogP contribution in [-0.4, -0.2) is 28.8 Å². The Morgan fingerprint density at radius 1 is 1.27 bits per heavy atom. The zero-order valence-corrected chi connectivity index (χ0v) is 12.4. The SMILES string of the molecule is CC1(C)OC(=O)C(=CNc2cccc(Cl)c2C(=O)O)C(=O)O1. The highest BCUT2D eigenvalue weighted by Gasteiger charge is 2.39. The lowest BCUT2D eigenvalue weighted by molar-refractivity contribution is -0.222. The smallest absolute Gasteiger partial charge is 0.350 e. The second kappa shape index (κ2) is 5.69. The van der Waals surface area contributed by atoms with E-state index in [-0.39, 0.29) is 21.8 Å². The summed E-state index contributed by atoms with van der Waals surface area (Å²) in [6.45, 7) is 2.85. The summed E-state index contributed by atoms with van der Waals surface area (Å²) in [5.41, 5.74) is -0.438. The van der Waals surface area contributed by atoms with Gasteiger partial charge in [-0.15, -0.1) is 0 Å². The number of carbonyl (C=O) groups is 3. The summed E-state index contributed by atoms with van der Waals surface area (Å²) in [6.07, 6.45) is 1.03. The van der Waals surface area contributed by atoms with Crippen molar-refractivity contribution in [2.45, 2.75) is 19.6 Å². The van der Waals surface area contributed by atoms with Crippen molar-refractivity contribution in [3.8, 4) is 0 Å². The van der Waals surface area contributed by atoms with E-state index in [2.05, 4.69) is 5.32 Å². The maximum Gasteiger partial charge on any atom is 0.350 e. The summed E-state index contributed by atoms with van der Waals surface area (Å²) < 4.78 is 9.83. The maximum absolute atomic E-state index is 11.8. The van der Waals surface area contributed by atoms with Crippen LogP contribution in [0, 0.1) is 0 Å². The predicted octanol–water partition coefficient (Wildman–Crippen LogP) is 2.17. The summed E-state index contributed by atoms with van der Waals surface area (Å²) >= 11 is 5.82. The molecule has 1 heterocycles. The van der Waals surface area contributed by atoms with Gasteiger partial charge in [-0.1, -0.05) is 17.7 Å². The number of carboxylic acids is 1. The molecule has 22 heavy (non-hydrogen) atoms. The third-order valence-electron chi connectivity index (χ3n) is 2.72. The number of nitrogens with one attached hydrogen (secondary N) is 1. The quantitative estimate of drug-likeness (QED) is 0.499. The lowest BCUT2D eigenvalue weighted by Crippen LogP contribution is -2.42. The fourth-order valence-electron chi connectivity index (χ4n) is 1.79. The highest BCUT2D eigenvalue weighted by molar-refractivity contribution is 6.34. The molecule has 0 amide bonds. The van der Waals surface area contributed by atoms with Crippen molar-refractivity contribution in [1.29, 1.82) is 0 Å². The zero-order valence-electron chi connectivity index (χ0n) is 11.7. The van der Waals surface area contributed by atoms with Gasteiger partial charge in [0.15, 0.2) is 5.57 Å². The molecule has 2 N–H and O–H groups in total. The third kappa shape index (κ3) is 3.20. The van der Waals surface area contributed by atoms with Crippen LogP contribution >= 0.6 is 11.6 Å². The van der Waals surface area contributed by atoms with Gasteiger partial charge in [-0.25, -0.2) is 14.4 Å². The van der Waals surface area contributed by atoms with Crippen molar-refractivity contribution >= 4 is 35.2 Å². The number of halogens is 1. The highest BCUT2D eigenvalue weighted by Crippen LogP contribution is 2.26. The Kier molecular flexibility index (Phi) is 4.09. The number of esters is 2. The molecule has 1 aliphatic heterocycles. The van der Waals surface area contributed by atoms with Gasteiger partial charge >= 0.3 is 17.9 Å². The van der Waals surface area contributed by atoms with Crippen molar-refractivity contribution in [2.75, 3.05) is 5.32 Å². The maximum atomic E-state index is 11.8. The highest BCUT2D eigenvalue weighted by atomic mass is 35.5. The van der Waals surface area contributed by atoms with Gasteiger partial charge < -0.3 is 19.9 Å².